The molecule has 0 bridgehead atoms. The maximum atomic E-state index is 13.6. The fraction of sp³-hybridized carbons (Fsp3) is 0.344. The maximum Gasteiger partial charge on any atom is 0.339 e. The first-order valence-electron chi connectivity index (χ1n) is 13.3. The molecule has 9 heteroatoms. The summed E-state index contributed by atoms with van der Waals surface area (Å²) in [7, 11) is 6.50. The van der Waals surface area contributed by atoms with Crippen LogP contribution in [0.5, 0.6) is 23.0 Å². The monoisotopic (exact) mass is 684 g/mol. The molecule has 7 nitrogen and oxygen atoms in total. The largest absolute Gasteiger partial charge is 0.492 e. The van der Waals surface area contributed by atoms with Crippen LogP contribution < -0.4 is 18.9 Å². The van der Waals surface area contributed by atoms with Gasteiger partial charge in [0.05, 0.1) is 42.9 Å². The average Bonchev–Trinajstić information content (AvgIpc) is 3.27. The zero-order valence-corrected chi connectivity index (χ0v) is 27.3. The summed E-state index contributed by atoms with van der Waals surface area (Å²) in [5.41, 5.74) is 4.42. The molecule has 214 valence electrons. The van der Waals surface area contributed by atoms with Crippen molar-refractivity contribution >= 4 is 81.3 Å². The van der Waals surface area contributed by atoms with E-state index in [0.29, 0.717) is 54.1 Å². The number of ether oxygens (including phenoxy) is 5. The lowest BCUT2D eigenvalue weighted by Crippen LogP contribution is -2.06. The number of halogens is 2. The van der Waals surface area contributed by atoms with Crippen LogP contribution in [-0.2, 0) is 11.3 Å². The Morgan fingerprint density at radius 2 is 1.15 bits per heavy atom. The summed E-state index contributed by atoms with van der Waals surface area (Å²) in [6.07, 6.45) is 0. The Morgan fingerprint density at radius 1 is 0.683 bits per heavy atom. The number of benzene rings is 4. The molecule has 0 amide bonds. The van der Waals surface area contributed by atoms with E-state index in [-0.39, 0.29) is 18.4 Å². The molecule has 0 N–H and O–H groups in total. The van der Waals surface area contributed by atoms with E-state index in [1.165, 1.54) is 0 Å². The molecule has 2 heterocycles. The topological polar surface area (TPSA) is 76.4 Å². The molecule has 0 atom stereocenters. The summed E-state index contributed by atoms with van der Waals surface area (Å²) in [4.78, 5) is 13.6. The van der Waals surface area contributed by atoms with Crippen molar-refractivity contribution in [2.75, 3.05) is 28.4 Å². The number of fused-ring (bicyclic) bond motifs is 4. The number of esters is 1. The molecule has 0 spiro atoms. The normalized spacial score (nSPS) is 13.2. The van der Waals surface area contributed by atoms with E-state index in [9.17, 15) is 4.79 Å². The van der Waals surface area contributed by atoms with E-state index in [4.69, 9.17) is 28.1 Å². The summed E-state index contributed by atoms with van der Waals surface area (Å²) in [6.45, 7) is 8.50. The fourth-order valence-corrected chi connectivity index (χ4v) is 7.86. The molecule has 0 fully saturated rings. The zero-order chi connectivity index (χ0) is 29.5. The second-order valence-electron chi connectivity index (χ2n) is 10.8. The van der Waals surface area contributed by atoms with Gasteiger partial charge in [0.15, 0.2) is 23.0 Å². The lowest BCUT2D eigenvalue weighted by Gasteiger charge is -2.21. The van der Waals surface area contributed by atoms with Gasteiger partial charge in [0.1, 0.15) is 17.8 Å². The van der Waals surface area contributed by atoms with Crippen LogP contribution in [0.4, 0.5) is 0 Å². The highest BCUT2D eigenvalue weighted by Gasteiger charge is 2.33. The fourth-order valence-electron chi connectivity index (χ4n) is 6.39. The van der Waals surface area contributed by atoms with Gasteiger partial charge in [-0.15, -0.1) is 0 Å². The molecular formula is C32H30Br2O7. The van der Waals surface area contributed by atoms with Gasteiger partial charge in [-0.25, -0.2) is 4.79 Å². The van der Waals surface area contributed by atoms with Gasteiger partial charge in [-0.05, 0) is 66.6 Å². The summed E-state index contributed by atoms with van der Waals surface area (Å²) in [5, 5.41) is 4.97. The molecule has 6 rings (SSSR count). The Balaban J connectivity index is 1.96. The number of cyclic esters (lactones) is 1. The van der Waals surface area contributed by atoms with Gasteiger partial charge in [-0.3, -0.25) is 0 Å². The summed E-state index contributed by atoms with van der Waals surface area (Å²) < 4.78 is 37.6. The molecule has 5 aromatic rings. The van der Waals surface area contributed by atoms with Crippen molar-refractivity contribution in [2.45, 2.75) is 46.1 Å². The third-order valence-electron chi connectivity index (χ3n) is 7.97. The van der Waals surface area contributed by atoms with Crippen molar-refractivity contribution in [3.63, 3.8) is 0 Å². The van der Waals surface area contributed by atoms with Crippen LogP contribution >= 0.6 is 31.9 Å². The van der Waals surface area contributed by atoms with E-state index in [2.05, 4.69) is 65.6 Å². The molecule has 1 aromatic heterocycles. The van der Waals surface area contributed by atoms with Gasteiger partial charge in [0.25, 0.3) is 0 Å². The molecule has 0 unspecified atom stereocenters. The van der Waals surface area contributed by atoms with E-state index in [1.54, 1.807) is 28.4 Å². The average molecular weight is 686 g/mol. The first-order valence-corrected chi connectivity index (χ1v) is 14.9. The molecule has 0 aliphatic carbocycles. The van der Waals surface area contributed by atoms with Gasteiger partial charge < -0.3 is 28.1 Å². The lowest BCUT2D eigenvalue weighted by molar-refractivity contribution is 0.0479. The number of carbonyl (C=O) groups is 1. The number of furan rings is 1. The SMILES string of the molecule is COc1c(OC)c(Br)c2c(cc3c4c2oc2c5c(Br)c(OC)c(OC)c(C(C)C)c5cc(c24)C(=O)OC3)c1C(C)C. The van der Waals surface area contributed by atoms with Crippen molar-refractivity contribution in [3.05, 3.63) is 43.3 Å². The Bertz CT molecular complexity index is 1940. The zero-order valence-electron chi connectivity index (χ0n) is 24.1. The quantitative estimate of drug-likeness (QED) is 0.165. The summed E-state index contributed by atoms with van der Waals surface area (Å²) in [5.74, 6) is 2.17. The third-order valence-corrected chi connectivity index (χ3v) is 9.48. The predicted octanol–water partition coefficient (Wildman–Crippen LogP) is 9.37. The minimum atomic E-state index is -0.404. The Morgan fingerprint density at radius 3 is 1.61 bits per heavy atom. The Kier molecular flexibility index (Phi) is 6.81. The van der Waals surface area contributed by atoms with E-state index >= 15 is 0 Å². The van der Waals surface area contributed by atoms with Crippen LogP contribution in [-0.4, -0.2) is 34.4 Å². The predicted molar refractivity (Wildman–Crippen MR) is 168 cm³/mol. The van der Waals surface area contributed by atoms with Crippen molar-refractivity contribution in [1.29, 1.82) is 0 Å². The van der Waals surface area contributed by atoms with E-state index < -0.39 is 5.97 Å². The van der Waals surface area contributed by atoms with Gasteiger partial charge in [-0.1, -0.05) is 27.7 Å². The first kappa shape index (κ1) is 28.0. The van der Waals surface area contributed by atoms with Crippen LogP contribution in [0.1, 0.15) is 66.6 Å². The molecule has 0 radical (unpaired) electrons. The highest BCUT2D eigenvalue weighted by Crippen LogP contribution is 2.55. The van der Waals surface area contributed by atoms with Crippen LogP contribution in [0.2, 0.25) is 0 Å². The third kappa shape index (κ3) is 3.70. The number of methoxy groups -OCH3 is 4. The van der Waals surface area contributed by atoms with Crippen LogP contribution in [0.25, 0.3) is 43.5 Å². The molecular weight excluding hydrogens is 656 g/mol. The number of hydrogen-bond donors (Lipinski definition) is 0. The van der Waals surface area contributed by atoms with Gasteiger partial charge in [0, 0.05) is 38.2 Å². The smallest absolute Gasteiger partial charge is 0.339 e. The van der Waals surface area contributed by atoms with Crippen LogP contribution in [0, 0.1) is 0 Å². The lowest BCUT2D eigenvalue weighted by atomic mass is 9.89. The molecule has 0 saturated carbocycles. The summed E-state index contributed by atoms with van der Waals surface area (Å²) >= 11 is 7.62. The molecule has 4 aromatic carbocycles. The standard InChI is InChI=1S/C32H30Br2O7/c1-12(2)18-15-9-14-11-40-32(35)17-10-16-19(13(3)4)29(37-6)31(39-8)25(34)23(16)27-21(17)20(14)26(41-27)22(15)24(33)30(38-7)28(18)36-5/h9-10,12-13H,11H2,1-8H3. The van der Waals surface area contributed by atoms with E-state index in [0.717, 1.165) is 43.6 Å². The number of rotatable bonds is 6. The molecule has 0 saturated heterocycles. The Hall–Kier alpha value is -3.17. The first-order chi connectivity index (χ1) is 19.6. The van der Waals surface area contributed by atoms with Crippen LogP contribution in [0.15, 0.2) is 25.5 Å². The van der Waals surface area contributed by atoms with Crippen LogP contribution in [0.3, 0.4) is 0 Å². The van der Waals surface area contributed by atoms with Crippen molar-refractivity contribution < 1.29 is 32.9 Å². The van der Waals surface area contributed by atoms with E-state index in [1.807, 2.05) is 6.07 Å². The minimum Gasteiger partial charge on any atom is -0.492 e. The van der Waals surface area contributed by atoms with Gasteiger partial charge >= 0.3 is 5.97 Å². The molecule has 1 aliphatic rings. The number of hydrogen-bond acceptors (Lipinski definition) is 7. The van der Waals surface area contributed by atoms with Crippen molar-refractivity contribution in [3.8, 4) is 23.0 Å². The maximum absolute atomic E-state index is 13.6. The minimum absolute atomic E-state index is 0.0566. The molecule has 1 aliphatic heterocycles. The second kappa shape index (κ2) is 9.98. The van der Waals surface area contributed by atoms with Crippen molar-refractivity contribution in [2.24, 2.45) is 0 Å². The van der Waals surface area contributed by atoms with Gasteiger partial charge in [0.2, 0.25) is 0 Å². The van der Waals surface area contributed by atoms with Gasteiger partial charge in [-0.2, -0.15) is 0 Å². The number of carbonyl (C=O) groups excluding carboxylic acids is 1. The Labute approximate surface area is 254 Å². The highest BCUT2D eigenvalue weighted by atomic mass is 79.9. The molecule has 41 heavy (non-hydrogen) atoms. The second-order valence-corrected chi connectivity index (χ2v) is 12.4. The van der Waals surface area contributed by atoms with Crippen molar-refractivity contribution in [1.82, 2.24) is 0 Å². The highest BCUT2D eigenvalue weighted by molar-refractivity contribution is 9.11. The summed E-state index contributed by atoms with van der Waals surface area (Å²) in [6, 6.07) is 3.99.